The number of hydrogen-bond acceptors (Lipinski definition) is 2. The van der Waals surface area contributed by atoms with Crippen molar-refractivity contribution < 1.29 is 13.2 Å². The van der Waals surface area contributed by atoms with Crippen LogP contribution in [0.3, 0.4) is 0 Å². The van der Waals surface area contributed by atoms with Gasteiger partial charge in [-0.25, -0.2) is 4.98 Å². The summed E-state index contributed by atoms with van der Waals surface area (Å²) >= 11 is 0. The van der Waals surface area contributed by atoms with Crippen LogP contribution in [0.5, 0.6) is 0 Å². The number of aromatic nitrogens is 2. The fourth-order valence-corrected chi connectivity index (χ4v) is 2.06. The van der Waals surface area contributed by atoms with Crippen molar-refractivity contribution in [3.63, 3.8) is 0 Å². The van der Waals surface area contributed by atoms with Gasteiger partial charge in [-0.05, 0) is 11.6 Å². The van der Waals surface area contributed by atoms with Crippen LogP contribution in [0.4, 0.5) is 13.2 Å². The summed E-state index contributed by atoms with van der Waals surface area (Å²) in [6.07, 6.45) is 0.629. The van der Waals surface area contributed by atoms with Crippen LogP contribution < -0.4 is 5.32 Å². The first-order valence-corrected chi connectivity index (χ1v) is 6.49. The molecule has 0 bridgehead atoms. The lowest BCUT2D eigenvalue weighted by molar-refractivity contribution is -0.138. The van der Waals surface area contributed by atoms with Crippen LogP contribution in [0.25, 0.3) is 0 Å². The number of imidazole rings is 1. The summed E-state index contributed by atoms with van der Waals surface area (Å²) < 4.78 is 40.6. The lowest BCUT2D eigenvalue weighted by Crippen LogP contribution is -2.18. The van der Waals surface area contributed by atoms with E-state index in [1.165, 1.54) is 12.1 Å². The maximum absolute atomic E-state index is 13.0. The molecule has 0 saturated heterocycles. The summed E-state index contributed by atoms with van der Waals surface area (Å²) in [7, 11) is 0. The highest BCUT2D eigenvalue weighted by Gasteiger charge is 2.32. The molecule has 0 radical (unpaired) electrons. The number of halogens is 3. The zero-order valence-corrected chi connectivity index (χ0v) is 11.4. The van der Waals surface area contributed by atoms with Gasteiger partial charge in [0, 0.05) is 25.5 Å². The average molecular weight is 295 g/mol. The largest absolute Gasteiger partial charge is 0.416 e. The Morgan fingerprint density at radius 1 is 1.29 bits per heavy atom. The van der Waals surface area contributed by atoms with Crippen LogP contribution in [0.2, 0.25) is 0 Å². The van der Waals surface area contributed by atoms with Gasteiger partial charge in [-0.15, -0.1) is 6.58 Å². The van der Waals surface area contributed by atoms with Gasteiger partial charge in [0.2, 0.25) is 0 Å². The molecule has 21 heavy (non-hydrogen) atoms. The quantitative estimate of drug-likeness (QED) is 0.655. The second-order valence-corrected chi connectivity index (χ2v) is 4.55. The van der Waals surface area contributed by atoms with Crippen molar-refractivity contribution in [2.45, 2.75) is 19.3 Å². The van der Waals surface area contributed by atoms with E-state index < -0.39 is 11.7 Å². The van der Waals surface area contributed by atoms with E-state index in [1.807, 2.05) is 0 Å². The number of rotatable bonds is 6. The number of alkyl halides is 3. The molecule has 1 heterocycles. The molecule has 3 nitrogen and oxygen atoms in total. The van der Waals surface area contributed by atoms with Gasteiger partial charge in [0.05, 0.1) is 12.1 Å². The number of nitrogens with one attached hydrogen (secondary N) is 1. The second kappa shape index (κ2) is 6.58. The first-order chi connectivity index (χ1) is 10.0. The molecule has 0 fully saturated rings. The van der Waals surface area contributed by atoms with E-state index in [9.17, 15) is 13.2 Å². The van der Waals surface area contributed by atoms with Gasteiger partial charge in [0.1, 0.15) is 5.82 Å². The Morgan fingerprint density at radius 3 is 2.76 bits per heavy atom. The first-order valence-electron chi connectivity index (χ1n) is 6.49. The van der Waals surface area contributed by atoms with Gasteiger partial charge in [-0.3, -0.25) is 0 Å². The van der Waals surface area contributed by atoms with E-state index in [0.29, 0.717) is 18.9 Å². The van der Waals surface area contributed by atoms with E-state index in [4.69, 9.17) is 0 Å². The number of benzene rings is 1. The van der Waals surface area contributed by atoms with Crippen LogP contribution in [0.15, 0.2) is 49.3 Å². The molecular weight excluding hydrogens is 279 g/mol. The predicted molar refractivity (Wildman–Crippen MR) is 74.7 cm³/mol. The highest BCUT2D eigenvalue weighted by atomic mass is 19.4. The van der Waals surface area contributed by atoms with Crippen LogP contribution >= 0.6 is 0 Å². The molecule has 0 unspecified atom stereocenters. The lowest BCUT2D eigenvalue weighted by Gasteiger charge is -2.14. The van der Waals surface area contributed by atoms with Crippen molar-refractivity contribution in [2.75, 3.05) is 6.54 Å². The maximum Gasteiger partial charge on any atom is 0.416 e. The Bertz CT molecular complexity index is 602. The molecule has 6 heteroatoms. The van der Waals surface area contributed by atoms with Gasteiger partial charge in [0.25, 0.3) is 0 Å². The van der Waals surface area contributed by atoms with Crippen molar-refractivity contribution in [3.05, 3.63) is 66.3 Å². The van der Waals surface area contributed by atoms with Crippen molar-refractivity contribution in [3.8, 4) is 0 Å². The topological polar surface area (TPSA) is 29.9 Å². The molecule has 0 atom stereocenters. The molecule has 1 aromatic heterocycles. The summed E-state index contributed by atoms with van der Waals surface area (Å²) in [4.78, 5) is 4.16. The molecule has 2 aromatic rings. The SMILES string of the molecule is C=CCNCc1nccn1Cc1ccccc1C(F)(F)F. The Morgan fingerprint density at radius 2 is 2.05 bits per heavy atom. The average Bonchev–Trinajstić information content (AvgIpc) is 2.86. The van der Waals surface area contributed by atoms with Crippen LogP contribution in [0, 0.1) is 0 Å². The monoisotopic (exact) mass is 295 g/mol. The molecule has 0 aliphatic rings. The van der Waals surface area contributed by atoms with Gasteiger partial charge >= 0.3 is 6.18 Å². The molecule has 2 rings (SSSR count). The molecule has 112 valence electrons. The van der Waals surface area contributed by atoms with Gasteiger partial charge in [0.15, 0.2) is 0 Å². The Labute approximate surface area is 121 Å². The fourth-order valence-electron chi connectivity index (χ4n) is 2.06. The molecule has 0 aliphatic carbocycles. The molecule has 1 aromatic carbocycles. The minimum atomic E-state index is -4.35. The van der Waals surface area contributed by atoms with E-state index in [0.717, 1.165) is 6.07 Å². The second-order valence-electron chi connectivity index (χ2n) is 4.55. The summed E-state index contributed by atoms with van der Waals surface area (Å²) in [6, 6.07) is 5.59. The van der Waals surface area contributed by atoms with Crippen LogP contribution in [-0.4, -0.2) is 16.1 Å². The van der Waals surface area contributed by atoms with E-state index in [1.54, 1.807) is 29.1 Å². The zero-order chi connectivity index (χ0) is 15.3. The first kappa shape index (κ1) is 15.3. The molecule has 0 saturated carbocycles. The van der Waals surface area contributed by atoms with Crippen LogP contribution in [-0.2, 0) is 19.3 Å². The lowest BCUT2D eigenvalue weighted by atomic mass is 10.1. The minimum Gasteiger partial charge on any atom is -0.329 e. The van der Waals surface area contributed by atoms with Crippen molar-refractivity contribution >= 4 is 0 Å². The number of hydrogen-bond donors (Lipinski definition) is 1. The molecule has 0 amide bonds. The highest BCUT2D eigenvalue weighted by molar-refractivity contribution is 5.30. The summed E-state index contributed by atoms with van der Waals surface area (Å²) in [5, 5.41) is 3.08. The highest BCUT2D eigenvalue weighted by Crippen LogP contribution is 2.32. The van der Waals surface area contributed by atoms with Crippen LogP contribution in [0.1, 0.15) is 17.0 Å². The molecular formula is C15H16F3N3. The standard InChI is InChI=1S/C15H16F3N3/c1-2-7-19-10-14-20-8-9-21(14)11-12-5-3-4-6-13(12)15(16,17)18/h2-6,8-9,19H,1,7,10-11H2. The van der Waals surface area contributed by atoms with Gasteiger partial charge in [-0.1, -0.05) is 24.3 Å². The summed E-state index contributed by atoms with van der Waals surface area (Å²) in [6.45, 7) is 4.83. The van der Waals surface area contributed by atoms with E-state index >= 15 is 0 Å². The predicted octanol–water partition coefficient (Wildman–Crippen LogP) is 3.23. The normalized spacial score (nSPS) is 11.6. The maximum atomic E-state index is 13.0. The third kappa shape index (κ3) is 3.95. The zero-order valence-electron chi connectivity index (χ0n) is 11.4. The Hall–Kier alpha value is -2.08. The fraction of sp³-hybridized carbons (Fsp3) is 0.267. The van der Waals surface area contributed by atoms with E-state index in [2.05, 4.69) is 16.9 Å². The van der Waals surface area contributed by atoms with E-state index in [-0.39, 0.29) is 12.1 Å². The van der Waals surface area contributed by atoms with Gasteiger partial charge < -0.3 is 9.88 Å². The smallest absolute Gasteiger partial charge is 0.329 e. The third-order valence-electron chi connectivity index (χ3n) is 3.04. The Kier molecular flexibility index (Phi) is 4.80. The van der Waals surface area contributed by atoms with Gasteiger partial charge in [-0.2, -0.15) is 13.2 Å². The molecule has 1 N–H and O–H groups in total. The molecule has 0 spiro atoms. The van der Waals surface area contributed by atoms with Crippen molar-refractivity contribution in [1.82, 2.24) is 14.9 Å². The summed E-state index contributed by atoms with van der Waals surface area (Å²) in [5.41, 5.74) is -0.378. The summed E-state index contributed by atoms with van der Waals surface area (Å²) in [5.74, 6) is 0.689. The third-order valence-corrected chi connectivity index (χ3v) is 3.04. The van der Waals surface area contributed by atoms with Crippen molar-refractivity contribution in [2.24, 2.45) is 0 Å². The van der Waals surface area contributed by atoms with Crippen molar-refractivity contribution in [1.29, 1.82) is 0 Å². The minimum absolute atomic E-state index is 0.140. The Balaban J connectivity index is 2.19. The number of nitrogens with zero attached hydrogens (tertiary/aromatic N) is 2. The molecule has 0 aliphatic heterocycles.